The van der Waals surface area contributed by atoms with Gasteiger partial charge in [0.05, 0.1) is 63.5 Å². The molecule has 0 bridgehead atoms. The summed E-state index contributed by atoms with van der Waals surface area (Å²) in [5.41, 5.74) is 9.36. The summed E-state index contributed by atoms with van der Waals surface area (Å²) < 4.78 is 56.0. The van der Waals surface area contributed by atoms with Gasteiger partial charge < -0.3 is 78.0 Å². The fraction of sp³-hybridized carbons (Fsp3) is 0.324. The fourth-order valence-corrected chi connectivity index (χ4v) is 10.0. The highest BCUT2D eigenvalue weighted by atomic mass is 79.9. The summed E-state index contributed by atoms with van der Waals surface area (Å²) >= 11 is 17.1. The lowest BCUT2D eigenvalue weighted by Gasteiger charge is -2.22. The first-order valence-corrected chi connectivity index (χ1v) is 31.4. The van der Waals surface area contributed by atoms with Crippen LogP contribution in [0.15, 0.2) is 127 Å². The van der Waals surface area contributed by atoms with Gasteiger partial charge in [0.2, 0.25) is 0 Å². The van der Waals surface area contributed by atoms with E-state index in [-0.39, 0.29) is 35.4 Å². The molecule has 7 aromatic carbocycles. The number of fused-ring (bicyclic) bond motifs is 1. The zero-order chi connectivity index (χ0) is 67.1. The van der Waals surface area contributed by atoms with Crippen LogP contribution < -0.4 is 47.4 Å². The van der Waals surface area contributed by atoms with Crippen molar-refractivity contribution in [3.05, 3.63) is 177 Å². The Balaban J connectivity index is 0.000000355. The molecule has 0 unspecified atom stereocenters. The van der Waals surface area contributed by atoms with E-state index >= 15 is 0 Å². The first kappa shape index (κ1) is 78.5. The number of phenolic OH excluding ortho intramolecular Hbond substituents is 5. The lowest BCUT2D eigenvalue weighted by atomic mass is 10.0. The highest BCUT2D eigenvalue weighted by Crippen LogP contribution is 2.42. The number of benzene rings is 7. The van der Waals surface area contributed by atoms with Gasteiger partial charge in [0.15, 0.2) is 80.5 Å². The van der Waals surface area contributed by atoms with Crippen LogP contribution in [0, 0.1) is 41.5 Å². The Morgan fingerprint density at radius 3 is 1.43 bits per heavy atom. The second-order valence-electron chi connectivity index (χ2n) is 19.1. The molecule has 0 radical (unpaired) electrons. The van der Waals surface area contributed by atoms with Crippen LogP contribution in [0.2, 0.25) is 0 Å². The predicted molar refractivity (Wildman–Crippen MR) is 372 cm³/mol. The molecule has 0 aromatic heterocycles. The molecule has 0 fully saturated rings. The highest BCUT2D eigenvalue weighted by Gasteiger charge is 2.20. The van der Waals surface area contributed by atoms with Crippen molar-refractivity contribution in [3.8, 4) is 86.2 Å². The SMILES string of the molecule is C=CCOc1cc(C)c(Br)cc1OC.C=CCc1c(C)c(Br)cc(OC)c1O.COc1cc(Br)c(C)c(CCCO)c1O.COc1cc(Br)c(C)c2c1OCCC2.COc1cc(Br)c(C)cc1O.COc1ccc(C)cc1O.COc1ccc(OC)c(O)c1. The summed E-state index contributed by atoms with van der Waals surface area (Å²) in [4.78, 5) is 0. The summed E-state index contributed by atoms with van der Waals surface area (Å²) in [5.74, 6) is 7.08. The number of hydrogen-bond donors (Lipinski definition) is 6. The van der Waals surface area contributed by atoms with Crippen LogP contribution in [0.1, 0.15) is 62.9 Å². The van der Waals surface area contributed by atoms with Crippen molar-refractivity contribution in [3.63, 3.8) is 0 Å². The van der Waals surface area contributed by atoms with Gasteiger partial charge >= 0.3 is 0 Å². The molecule has 0 saturated carbocycles. The van der Waals surface area contributed by atoms with Crippen molar-refractivity contribution in [2.24, 2.45) is 0 Å². The molecule has 486 valence electrons. The van der Waals surface area contributed by atoms with E-state index in [0.29, 0.717) is 60.4 Å². The van der Waals surface area contributed by atoms with Gasteiger partial charge in [-0.3, -0.25) is 0 Å². The Kier molecular flexibility index (Phi) is 36.1. The number of allylic oxidation sites excluding steroid dienone is 1. The lowest BCUT2D eigenvalue weighted by molar-refractivity contribution is 0.268. The van der Waals surface area contributed by atoms with Gasteiger partial charge in [0, 0.05) is 51.7 Å². The number of rotatable bonds is 16. The van der Waals surface area contributed by atoms with E-state index in [2.05, 4.69) is 99.7 Å². The molecule has 89 heavy (non-hydrogen) atoms. The van der Waals surface area contributed by atoms with Crippen molar-refractivity contribution in [1.29, 1.82) is 0 Å². The molecule has 1 aliphatic heterocycles. The summed E-state index contributed by atoms with van der Waals surface area (Å²) in [6.07, 6.45) is 7.54. The molecule has 7 aromatic rings. The number of aliphatic hydroxyl groups is 1. The smallest absolute Gasteiger partial charge is 0.164 e. The molecule has 16 nitrogen and oxygen atoms in total. The van der Waals surface area contributed by atoms with E-state index < -0.39 is 0 Å². The van der Waals surface area contributed by atoms with Gasteiger partial charge in [-0.2, -0.15) is 0 Å². The average molecular weight is 1560 g/mol. The Morgan fingerprint density at radius 2 is 0.933 bits per heavy atom. The van der Waals surface area contributed by atoms with E-state index in [9.17, 15) is 20.4 Å². The number of methoxy groups -OCH3 is 8. The van der Waals surface area contributed by atoms with Crippen molar-refractivity contribution >= 4 is 79.6 Å². The largest absolute Gasteiger partial charge is 0.504 e. The maximum Gasteiger partial charge on any atom is 0.164 e. The van der Waals surface area contributed by atoms with Crippen LogP contribution in [0.4, 0.5) is 0 Å². The molecule has 0 amide bonds. The predicted octanol–water partition coefficient (Wildman–Crippen LogP) is 17.6. The minimum atomic E-state index is 0.0897. The number of ether oxygens (including phenoxy) is 10. The number of aromatic hydroxyl groups is 5. The molecule has 21 heteroatoms. The quantitative estimate of drug-likeness (QED) is 0.0496. The van der Waals surface area contributed by atoms with Crippen molar-refractivity contribution < 1.29 is 78.0 Å². The number of aliphatic hydroxyl groups excluding tert-OH is 1. The normalized spacial score (nSPS) is 10.5. The van der Waals surface area contributed by atoms with E-state index in [4.69, 9.17) is 57.6 Å². The molecule has 0 spiro atoms. The highest BCUT2D eigenvalue weighted by molar-refractivity contribution is 9.11. The minimum Gasteiger partial charge on any atom is -0.504 e. The van der Waals surface area contributed by atoms with Gasteiger partial charge in [-0.05, 0) is 174 Å². The van der Waals surface area contributed by atoms with E-state index in [1.165, 1.54) is 52.7 Å². The van der Waals surface area contributed by atoms with Crippen LogP contribution in [0.3, 0.4) is 0 Å². The number of hydrogen-bond acceptors (Lipinski definition) is 16. The Hall–Kier alpha value is -6.62. The monoisotopic (exact) mass is 1550 g/mol. The molecule has 0 atom stereocenters. The van der Waals surface area contributed by atoms with Gasteiger partial charge in [-0.15, -0.1) is 6.58 Å². The van der Waals surface area contributed by atoms with Gasteiger partial charge in [0.1, 0.15) is 12.4 Å². The van der Waals surface area contributed by atoms with Crippen molar-refractivity contribution in [2.45, 2.75) is 73.6 Å². The summed E-state index contributed by atoms with van der Waals surface area (Å²) in [5, 5.41) is 56.2. The molecule has 1 aliphatic rings. The zero-order valence-electron chi connectivity index (χ0n) is 52.9. The van der Waals surface area contributed by atoms with E-state index in [1.54, 1.807) is 82.0 Å². The van der Waals surface area contributed by atoms with Crippen LogP contribution in [-0.4, -0.2) is 107 Å². The lowest BCUT2D eigenvalue weighted by Crippen LogP contribution is -2.11. The van der Waals surface area contributed by atoms with Crippen LogP contribution in [0.5, 0.6) is 86.2 Å². The zero-order valence-corrected chi connectivity index (χ0v) is 60.8. The minimum absolute atomic E-state index is 0.0897. The van der Waals surface area contributed by atoms with E-state index in [1.807, 2.05) is 58.9 Å². The summed E-state index contributed by atoms with van der Waals surface area (Å²) in [6, 6.07) is 22.9. The van der Waals surface area contributed by atoms with E-state index in [0.717, 1.165) is 104 Å². The summed E-state index contributed by atoms with van der Waals surface area (Å²) in [6.45, 7) is 20.5. The third-order valence-corrected chi connectivity index (χ3v) is 17.3. The van der Waals surface area contributed by atoms with Crippen molar-refractivity contribution in [2.75, 3.05) is 76.7 Å². The van der Waals surface area contributed by atoms with Gasteiger partial charge in [-0.1, -0.05) is 104 Å². The molecular weight excluding hydrogens is 1470 g/mol. The Labute approximate surface area is 566 Å². The molecule has 1 heterocycles. The Morgan fingerprint density at radius 1 is 0.472 bits per heavy atom. The number of aryl methyl sites for hydroxylation is 3. The fourth-order valence-electron chi connectivity index (χ4n) is 8.04. The number of halogens is 5. The third kappa shape index (κ3) is 24.3. The molecule has 6 N–H and O–H groups in total. The third-order valence-electron chi connectivity index (χ3n) is 13.1. The molecule has 0 aliphatic carbocycles. The van der Waals surface area contributed by atoms with Gasteiger partial charge in [-0.25, -0.2) is 0 Å². The maximum atomic E-state index is 9.89. The first-order valence-electron chi connectivity index (χ1n) is 27.5. The van der Waals surface area contributed by atoms with Crippen LogP contribution in [0.25, 0.3) is 0 Å². The van der Waals surface area contributed by atoms with Gasteiger partial charge in [0.25, 0.3) is 0 Å². The second kappa shape index (κ2) is 40.9. The summed E-state index contributed by atoms with van der Waals surface area (Å²) in [7, 11) is 12.5. The Bertz CT molecular complexity index is 3390. The molecule has 0 saturated heterocycles. The van der Waals surface area contributed by atoms with Crippen LogP contribution >= 0.6 is 79.6 Å². The first-order chi connectivity index (χ1) is 42.3. The standard InChI is InChI=1S/C11H15BrO3.3C11H13BrO2.C8H9BrO2.C8H10O3.C8H10O2/c1-7-8(4-3-5-13)11(14)10(15-2)6-9(7)12;1-7-8-4-3-5-14-11(8)10(13-2)6-9(7)12;1-4-5-14-11-6-8(2)9(12)7-10(11)13-3;1-4-5-8-7(2)9(12)6-10(14-3)11(8)13;1-5-3-7(10)8(11-2)4-6(5)9;1-10-6-3-4-8(11-2)7(9)5-6;1-6-3-4-8(10-2)7(9)5-6/h6,13-14H,3-5H2,1-2H3;6H,3-5H2,1-2H3;4,6-7H,1,5H2,2-3H3;4,6,13H,1,5H2,2-3H3;3-4,10H,1-2H3;3-5,9H,1-2H3;3-5,9H,1-2H3. The number of phenols is 5. The molecular formula is C68H83Br5O16. The second-order valence-corrected chi connectivity index (χ2v) is 23.4. The topological polar surface area (TPSA) is 214 Å². The maximum absolute atomic E-state index is 9.89. The average Bonchev–Trinajstić information content (AvgIpc) is 2.03. The van der Waals surface area contributed by atoms with Crippen molar-refractivity contribution in [1.82, 2.24) is 0 Å². The van der Waals surface area contributed by atoms with Crippen LogP contribution in [-0.2, 0) is 19.3 Å². The molecule has 8 rings (SSSR count).